The Kier molecular flexibility index (Phi) is 6.02. The zero-order valence-corrected chi connectivity index (χ0v) is 13.7. The Morgan fingerprint density at radius 3 is 2.38 bits per heavy atom. The van der Waals surface area contributed by atoms with Crippen molar-refractivity contribution in [3.63, 3.8) is 0 Å². The first-order valence-corrected chi connectivity index (χ1v) is 7.80. The lowest BCUT2D eigenvalue weighted by Gasteiger charge is -2.21. The van der Waals surface area contributed by atoms with Crippen molar-refractivity contribution in [2.75, 3.05) is 17.7 Å². The molecule has 1 rings (SSSR count). The molecule has 1 atom stereocenters. The molecule has 0 aliphatic heterocycles. The fourth-order valence-electron chi connectivity index (χ4n) is 2.05. The lowest BCUT2D eigenvalue weighted by atomic mass is 10.0. The van der Waals surface area contributed by atoms with Crippen molar-refractivity contribution in [1.82, 2.24) is 0 Å². The first kappa shape index (κ1) is 17.3. The molecule has 5 N–H and O–H groups in total. The van der Waals surface area contributed by atoms with Crippen LogP contribution in [-0.2, 0) is 4.74 Å². The molecular formula is C14H23N3O3S. The Hall–Kier alpha value is -1.76. The zero-order chi connectivity index (χ0) is 16.2. The lowest BCUT2D eigenvalue weighted by molar-refractivity contribution is 0.0533. The number of esters is 1. The highest BCUT2D eigenvalue weighted by Crippen LogP contribution is 2.37. The predicted octanol–water partition coefficient (Wildman–Crippen LogP) is 2.45. The van der Waals surface area contributed by atoms with E-state index >= 15 is 0 Å². The number of carbonyl (C=O) groups is 2. The first-order chi connectivity index (χ1) is 9.83. The number of primary amides is 1. The van der Waals surface area contributed by atoms with Crippen LogP contribution in [0.1, 0.15) is 54.1 Å². The van der Waals surface area contributed by atoms with Crippen LogP contribution in [0.2, 0.25) is 0 Å². The highest BCUT2D eigenvalue weighted by Gasteiger charge is 2.26. The van der Waals surface area contributed by atoms with Gasteiger partial charge in [0.15, 0.2) is 0 Å². The molecule has 0 saturated heterocycles. The highest BCUT2D eigenvalue weighted by atomic mass is 32.1. The molecule has 7 heteroatoms. The van der Waals surface area contributed by atoms with E-state index in [0.29, 0.717) is 10.9 Å². The van der Waals surface area contributed by atoms with Gasteiger partial charge in [-0.1, -0.05) is 20.8 Å². The number of hydrogen-bond donors (Lipinski definition) is 3. The highest BCUT2D eigenvalue weighted by molar-refractivity contribution is 7.19. The molecule has 0 saturated carbocycles. The van der Waals surface area contributed by atoms with Crippen LogP contribution >= 0.6 is 11.3 Å². The van der Waals surface area contributed by atoms with Crippen LogP contribution in [-0.4, -0.2) is 24.5 Å². The number of carbonyl (C=O) groups excluding carboxylic acids is 2. The Balaban J connectivity index is 3.22. The van der Waals surface area contributed by atoms with Crippen LogP contribution in [0.3, 0.4) is 0 Å². The van der Waals surface area contributed by atoms with Gasteiger partial charge in [-0.2, -0.15) is 0 Å². The lowest BCUT2D eigenvalue weighted by Crippen LogP contribution is -2.25. The van der Waals surface area contributed by atoms with Gasteiger partial charge in [-0.3, -0.25) is 4.79 Å². The maximum Gasteiger partial charge on any atom is 0.350 e. The largest absolute Gasteiger partial charge is 0.462 e. The van der Waals surface area contributed by atoms with Gasteiger partial charge in [0, 0.05) is 6.04 Å². The third-order valence-electron chi connectivity index (χ3n) is 3.21. The summed E-state index contributed by atoms with van der Waals surface area (Å²) in [7, 11) is 0. The molecule has 0 aliphatic rings. The average Bonchev–Trinajstić information content (AvgIpc) is 2.72. The van der Waals surface area contributed by atoms with Crippen molar-refractivity contribution in [3.05, 3.63) is 10.4 Å². The Bertz CT molecular complexity index is 526. The number of nitrogens with one attached hydrogen (secondary N) is 1. The summed E-state index contributed by atoms with van der Waals surface area (Å²) in [6.45, 7) is 8.16. The molecule has 0 bridgehead atoms. The second-order valence-corrected chi connectivity index (χ2v) is 6.06. The zero-order valence-electron chi connectivity index (χ0n) is 12.9. The Morgan fingerprint density at radius 1 is 1.33 bits per heavy atom. The van der Waals surface area contributed by atoms with E-state index in [1.54, 1.807) is 6.92 Å². The molecule has 1 unspecified atom stereocenters. The van der Waals surface area contributed by atoms with Gasteiger partial charge in [0.25, 0.3) is 5.91 Å². The van der Waals surface area contributed by atoms with E-state index in [1.807, 2.05) is 6.92 Å². The first-order valence-electron chi connectivity index (χ1n) is 6.99. The van der Waals surface area contributed by atoms with E-state index in [2.05, 4.69) is 19.2 Å². The number of nitrogens with two attached hydrogens (primary N) is 2. The van der Waals surface area contributed by atoms with Crippen molar-refractivity contribution < 1.29 is 14.3 Å². The van der Waals surface area contributed by atoms with Gasteiger partial charge >= 0.3 is 5.97 Å². The number of thiophene rings is 1. The van der Waals surface area contributed by atoms with E-state index in [9.17, 15) is 9.59 Å². The fraction of sp³-hybridized carbons (Fsp3) is 0.571. The second kappa shape index (κ2) is 7.31. The summed E-state index contributed by atoms with van der Waals surface area (Å²) >= 11 is 1.11. The molecular weight excluding hydrogens is 290 g/mol. The summed E-state index contributed by atoms with van der Waals surface area (Å²) < 4.78 is 4.95. The molecule has 1 amide bonds. The van der Waals surface area contributed by atoms with Gasteiger partial charge in [0.05, 0.1) is 17.9 Å². The minimum absolute atomic E-state index is 0.0899. The van der Waals surface area contributed by atoms with Crippen LogP contribution < -0.4 is 16.8 Å². The van der Waals surface area contributed by atoms with Crippen molar-refractivity contribution in [2.24, 2.45) is 11.7 Å². The number of amides is 1. The van der Waals surface area contributed by atoms with E-state index in [0.717, 1.165) is 17.8 Å². The smallest absolute Gasteiger partial charge is 0.350 e. The van der Waals surface area contributed by atoms with Crippen LogP contribution in [0.4, 0.5) is 10.7 Å². The summed E-state index contributed by atoms with van der Waals surface area (Å²) in [5, 5.41) is 3.80. The molecule has 1 heterocycles. The average molecular weight is 313 g/mol. The molecule has 0 aliphatic carbocycles. The van der Waals surface area contributed by atoms with Gasteiger partial charge in [-0.25, -0.2) is 4.79 Å². The summed E-state index contributed by atoms with van der Waals surface area (Å²) in [5.41, 5.74) is 11.5. The summed E-state index contributed by atoms with van der Waals surface area (Å²) in [6.07, 6.45) is 0.877. The fourth-order valence-corrected chi connectivity index (χ4v) is 3.13. The van der Waals surface area contributed by atoms with Crippen molar-refractivity contribution in [2.45, 2.75) is 40.2 Å². The topological polar surface area (TPSA) is 107 Å². The standard InChI is InChI=1S/C14H23N3O3S/c1-5-8(7(3)4)17-13-9(12(16)18)10(15)11(21-13)14(19)20-6-2/h7-8,17H,5-6,15H2,1-4H3,(H2,16,18). The van der Waals surface area contributed by atoms with E-state index in [-0.39, 0.29) is 28.8 Å². The maximum absolute atomic E-state index is 11.9. The van der Waals surface area contributed by atoms with Crippen molar-refractivity contribution >= 4 is 33.9 Å². The molecule has 118 valence electrons. The van der Waals surface area contributed by atoms with Crippen LogP contribution in [0.25, 0.3) is 0 Å². The summed E-state index contributed by atoms with van der Waals surface area (Å²) in [5.74, 6) is -0.821. The van der Waals surface area contributed by atoms with E-state index in [1.165, 1.54) is 0 Å². The van der Waals surface area contributed by atoms with Gasteiger partial charge < -0.3 is 21.5 Å². The molecule has 6 nitrogen and oxygen atoms in total. The number of anilines is 2. The molecule has 21 heavy (non-hydrogen) atoms. The minimum atomic E-state index is -0.652. The monoisotopic (exact) mass is 313 g/mol. The third kappa shape index (κ3) is 3.87. The minimum Gasteiger partial charge on any atom is -0.462 e. The van der Waals surface area contributed by atoms with Gasteiger partial charge in [0.2, 0.25) is 0 Å². The molecule has 1 aromatic heterocycles. The van der Waals surface area contributed by atoms with Gasteiger partial charge in [-0.05, 0) is 19.3 Å². The summed E-state index contributed by atoms with van der Waals surface area (Å²) in [4.78, 5) is 23.7. The van der Waals surface area contributed by atoms with Crippen LogP contribution in [0, 0.1) is 5.92 Å². The Labute approximate surface area is 128 Å². The molecule has 0 aromatic carbocycles. The van der Waals surface area contributed by atoms with Crippen LogP contribution in [0.15, 0.2) is 0 Å². The second-order valence-electron chi connectivity index (χ2n) is 5.04. The normalized spacial score (nSPS) is 12.2. The number of rotatable bonds is 7. The van der Waals surface area contributed by atoms with Crippen LogP contribution in [0.5, 0.6) is 0 Å². The molecule has 0 fully saturated rings. The molecule has 0 radical (unpaired) electrons. The summed E-state index contributed by atoms with van der Waals surface area (Å²) in [6, 6.07) is 0.163. The maximum atomic E-state index is 11.9. The third-order valence-corrected chi connectivity index (χ3v) is 4.33. The van der Waals surface area contributed by atoms with Crippen molar-refractivity contribution in [1.29, 1.82) is 0 Å². The van der Waals surface area contributed by atoms with Crippen molar-refractivity contribution in [3.8, 4) is 0 Å². The van der Waals surface area contributed by atoms with E-state index < -0.39 is 11.9 Å². The predicted molar refractivity (Wildman–Crippen MR) is 85.7 cm³/mol. The van der Waals surface area contributed by atoms with Gasteiger partial charge in [-0.15, -0.1) is 11.3 Å². The SMILES string of the molecule is CCOC(=O)c1sc(NC(CC)C(C)C)c(C(N)=O)c1N. The number of ether oxygens (including phenoxy) is 1. The molecule has 1 aromatic rings. The number of nitrogen functional groups attached to an aromatic ring is 1. The van der Waals surface area contributed by atoms with Gasteiger partial charge in [0.1, 0.15) is 9.88 Å². The quantitative estimate of drug-likeness (QED) is 0.670. The number of hydrogen-bond acceptors (Lipinski definition) is 6. The van der Waals surface area contributed by atoms with E-state index in [4.69, 9.17) is 16.2 Å². The Morgan fingerprint density at radius 2 is 1.95 bits per heavy atom. The molecule has 0 spiro atoms.